The van der Waals surface area contributed by atoms with Crippen LogP contribution in [-0.2, 0) is 6.42 Å². The van der Waals surface area contributed by atoms with E-state index in [0.717, 1.165) is 22.5 Å². The van der Waals surface area contributed by atoms with E-state index in [1.165, 1.54) is 4.88 Å². The number of anilines is 1. The third kappa shape index (κ3) is 2.01. The Morgan fingerprint density at radius 3 is 2.94 bits per heavy atom. The zero-order valence-corrected chi connectivity index (χ0v) is 10.3. The molecule has 0 aliphatic heterocycles. The van der Waals surface area contributed by atoms with Gasteiger partial charge in [-0.1, -0.05) is 6.92 Å². The molecule has 0 bridgehead atoms. The first-order valence-corrected chi connectivity index (χ1v) is 6.13. The Labute approximate surface area is 98.6 Å². The lowest BCUT2D eigenvalue weighted by molar-refractivity contribution is 0.304. The Morgan fingerprint density at radius 1 is 1.44 bits per heavy atom. The molecule has 86 valence electrons. The molecule has 0 aromatic carbocycles. The van der Waals surface area contributed by atoms with Crippen molar-refractivity contribution in [2.45, 2.75) is 13.3 Å². The summed E-state index contributed by atoms with van der Waals surface area (Å²) in [4.78, 5) is 12.8. The highest BCUT2D eigenvalue weighted by molar-refractivity contribution is 7.18. The summed E-state index contributed by atoms with van der Waals surface area (Å²) in [5.41, 5.74) is 0. The van der Waals surface area contributed by atoms with E-state index in [2.05, 4.69) is 23.0 Å². The monoisotopic (exact) mass is 237 g/mol. The molecule has 0 spiro atoms. The number of aliphatic hydroxyl groups excluding tert-OH is 1. The Bertz CT molecular complexity index is 483. The summed E-state index contributed by atoms with van der Waals surface area (Å²) in [5.74, 6) is 0.898. The first-order valence-electron chi connectivity index (χ1n) is 5.31. The molecule has 1 N–H and O–H groups in total. The average molecular weight is 237 g/mol. The number of hydrogen-bond acceptors (Lipinski definition) is 5. The van der Waals surface area contributed by atoms with Crippen LogP contribution in [0, 0.1) is 0 Å². The molecule has 16 heavy (non-hydrogen) atoms. The van der Waals surface area contributed by atoms with Gasteiger partial charge in [-0.05, 0) is 12.5 Å². The number of nitrogens with zero attached hydrogens (tertiary/aromatic N) is 3. The first-order chi connectivity index (χ1) is 7.76. The SMILES string of the molecule is CCc1cc2c(N(C)CCO)ncnc2s1. The van der Waals surface area contributed by atoms with E-state index >= 15 is 0 Å². The second-order valence-corrected chi connectivity index (χ2v) is 4.74. The van der Waals surface area contributed by atoms with Crippen LogP contribution in [0.4, 0.5) is 5.82 Å². The number of hydrogen-bond donors (Lipinski definition) is 1. The van der Waals surface area contributed by atoms with Gasteiger partial charge in [0.15, 0.2) is 0 Å². The smallest absolute Gasteiger partial charge is 0.140 e. The predicted molar refractivity (Wildman–Crippen MR) is 67.1 cm³/mol. The molecule has 4 nitrogen and oxygen atoms in total. The van der Waals surface area contributed by atoms with Crippen LogP contribution >= 0.6 is 11.3 Å². The van der Waals surface area contributed by atoms with Gasteiger partial charge in [-0.15, -0.1) is 11.3 Å². The summed E-state index contributed by atoms with van der Waals surface area (Å²) in [6.07, 6.45) is 2.60. The maximum Gasteiger partial charge on any atom is 0.140 e. The molecule has 0 atom stereocenters. The van der Waals surface area contributed by atoms with Crippen molar-refractivity contribution in [1.29, 1.82) is 0 Å². The van der Waals surface area contributed by atoms with Gasteiger partial charge >= 0.3 is 0 Å². The van der Waals surface area contributed by atoms with Gasteiger partial charge in [0, 0.05) is 18.5 Å². The molecule has 0 saturated carbocycles. The highest BCUT2D eigenvalue weighted by Gasteiger charge is 2.10. The molecule has 5 heteroatoms. The molecule has 2 heterocycles. The quantitative estimate of drug-likeness (QED) is 0.879. The van der Waals surface area contributed by atoms with Crippen molar-refractivity contribution in [3.63, 3.8) is 0 Å². The largest absolute Gasteiger partial charge is 0.395 e. The number of fused-ring (bicyclic) bond motifs is 1. The lowest BCUT2D eigenvalue weighted by atomic mass is 10.3. The molecule has 0 saturated heterocycles. The van der Waals surface area contributed by atoms with E-state index in [4.69, 9.17) is 5.11 Å². The van der Waals surface area contributed by atoms with Crippen LogP contribution < -0.4 is 4.90 Å². The Hall–Kier alpha value is -1.20. The summed E-state index contributed by atoms with van der Waals surface area (Å²) in [7, 11) is 1.93. The van der Waals surface area contributed by atoms with E-state index < -0.39 is 0 Å². The van der Waals surface area contributed by atoms with Gasteiger partial charge in [0.05, 0.1) is 12.0 Å². The molecular formula is C11H15N3OS. The number of likely N-dealkylation sites (N-methyl/N-ethyl adjacent to an activating group) is 1. The molecule has 0 aliphatic rings. The van der Waals surface area contributed by atoms with Crippen LogP contribution in [0.2, 0.25) is 0 Å². The molecule has 0 amide bonds. The van der Waals surface area contributed by atoms with Gasteiger partial charge in [-0.25, -0.2) is 9.97 Å². The van der Waals surface area contributed by atoms with Crippen LogP contribution in [0.25, 0.3) is 10.2 Å². The molecule has 0 fully saturated rings. The van der Waals surface area contributed by atoms with Crippen molar-refractivity contribution in [2.24, 2.45) is 0 Å². The van der Waals surface area contributed by atoms with Gasteiger partial charge in [0.1, 0.15) is 17.0 Å². The van der Waals surface area contributed by atoms with E-state index in [0.29, 0.717) is 6.54 Å². The Balaban J connectivity index is 2.47. The second kappa shape index (κ2) is 4.76. The number of thiophene rings is 1. The molecule has 2 rings (SSSR count). The normalized spacial score (nSPS) is 10.9. The van der Waals surface area contributed by atoms with Gasteiger partial charge < -0.3 is 10.0 Å². The van der Waals surface area contributed by atoms with Gasteiger partial charge in [0.2, 0.25) is 0 Å². The number of rotatable bonds is 4. The lowest BCUT2D eigenvalue weighted by Crippen LogP contribution is -2.22. The van der Waals surface area contributed by atoms with E-state index in [-0.39, 0.29) is 6.61 Å². The summed E-state index contributed by atoms with van der Waals surface area (Å²) in [6.45, 7) is 2.85. The summed E-state index contributed by atoms with van der Waals surface area (Å²) < 4.78 is 0. The average Bonchev–Trinajstić information content (AvgIpc) is 2.71. The fraction of sp³-hybridized carbons (Fsp3) is 0.455. The summed E-state index contributed by atoms with van der Waals surface area (Å²) in [6, 6.07) is 2.14. The van der Waals surface area contributed by atoms with Crippen molar-refractivity contribution in [3.8, 4) is 0 Å². The number of aryl methyl sites for hydroxylation is 1. The molecular weight excluding hydrogens is 222 g/mol. The van der Waals surface area contributed by atoms with E-state index in [1.807, 2.05) is 11.9 Å². The van der Waals surface area contributed by atoms with Crippen LogP contribution in [-0.4, -0.2) is 35.3 Å². The zero-order chi connectivity index (χ0) is 11.5. The van der Waals surface area contributed by atoms with Crippen molar-refractivity contribution in [3.05, 3.63) is 17.3 Å². The predicted octanol–water partition coefficient (Wildman–Crippen LogP) is 1.68. The molecule has 2 aromatic rings. The molecule has 0 unspecified atom stereocenters. The van der Waals surface area contributed by atoms with Gasteiger partial charge in [-0.3, -0.25) is 0 Å². The molecule has 0 radical (unpaired) electrons. The number of aromatic nitrogens is 2. The Morgan fingerprint density at radius 2 is 2.25 bits per heavy atom. The summed E-state index contributed by atoms with van der Waals surface area (Å²) >= 11 is 1.71. The topological polar surface area (TPSA) is 49.2 Å². The fourth-order valence-corrected chi connectivity index (χ4v) is 2.56. The van der Waals surface area contributed by atoms with E-state index in [1.54, 1.807) is 17.7 Å². The van der Waals surface area contributed by atoms with Gasteiger partial charge in [0.25, 0.3) is 0 Å². The first kappa shape index (κ1) is 11.3. The third-order valence-electron chi connectivity index (χ3n) is 2.50. The van der Waals surface area contributed by atoms with Crippen molar-refractivity contribution >= 4 is 27.4 Å². The maximum absolute atomic E-state index is 8.94. The van der Waals surface area contributed by atoms with Crippen LogP contribution in [0.5, 0.6) is 0 Å². The van der Waals surface area contributed by atoms with Crippen LogP contribution in [0.15, 0.2) is 12.4 Å². The minimum atomic E-state index is 0.132. The minimum absolute atomic E-state index is 0.132. The highest BCUT2D eigenvalue weighted by atomic mass is 32.1. The maximum atomic E-state index is 8.94. The lowest BCUT2D eigenvalue weighted by Gasteiger charge is -2.16. The van der Waals surface area contributed by atoms with Crippen molar-refractivity contribution in [1.82, 2.24) is 9.97 Å². The van der Waals surface area contributed by atoms with E-state index in [9.17, 15) is 0 Å². The second-order valence-electron chi connectivity index (χ2n) is 3.63. The van der Waals surface area contributed by atoms with Crippen molar-refractivity contribution < 1.29 is 5.11 Å². The number of aliphatic hydroxyl groups is 1. The van der Waals surface area contributed by atoms with Crippen LogP contribution in [0.1, 0.15) is 11.8 Å². The molecule has 2 aromatic heterocycles. The fourth-order valence-electron chi connectivity index (χ4n) is 1.63. The van der Waals surface area contributed by atoms with Crippen LogP contribution in [0.3, 0.4) is 0 Å². The summed E-state index contributed by atoms with van der Waals surface area (Å²) in [5, 5.41) is 10.0. The standard InChI is InChI=1S/C11H15N3OS/c1-3-8-6-9-10(14(2)4-5-15)12-7-13-11(9)16-8/h6-7,15H,3-5H2,1-2H3. The Kier molecular flexibility index (Phi) is 3.36. The highest BCUT2D eigenvalue weighted by Crippen LogP contribution is 2.29. The molecule has 0 aliphatic carbocycles. The van der Waals surface area contributed by atoms with Crippen molar-refractivity contribution in [2.75, 3.05) is 25.1 Å². The minimum Gasteiger partial charge on any atom is -0.395 e. The van der Waals surface area contributed by atoms with Gasteiger partial charge in [-0.2, -0.15) is 0 Å². The third-order valence-corrected chi connectivity index (χ3v) is 3.69. The zero-order valence-electron chi connectivity index (χ0n) is 9.47.